The van der Waals surface area contributed by atoms with E-state index in [4.69, 9.17) is 9.47 Å². The number of hydrogen-bond acceptors (Lipinski definition) is 3. The highest BCUT2D eigenvalue weighted by Gasteiger charge is 2.05. The van der Waals surface area contributed by atoms with Crippen LogP contribution in [0.25, 0.3) is 6.08 Å². The summed E-state index contributed by atoms with van der Waals surface area (Å²) in [6, 6.07) is 5.54. The summed E-state index contributed by atoms with van der Waals surface area (Å²) in [5.74, 6) is 1.80. The first-order valence-electron chi connectivity index (χ1n) is 7.32. The molecule has 1 amide bonds. The standard InChI is InChI=1S/C17H25NO3/c1-5-13(6-2)12-18-17(19)10-8-14-7-9-15(20-3)16(11-14)21-4/h7-11,13H,5-6,12H2,1-4H3,(H,18,19). The minimum atomic E-state index is -0.0725. The van der Waals surface area contributed by atoms with Crippen LogP contribution < -0.4 is 14.8 Å². The van der Waals surface area contributed by atoms with Crippen LogP contribution in [0.3, 0.4) is 0 Å². The average molecular weight is 291 g/mol. The Morgan fingerprint density at radius 2 is 1.86 bits per heavy atom. The summed E-state index contributed by atoms with van der Waals surface area (Å²) < 4.78 is 10.4. The molecule has 4 heteroatoms. The van der Waals surface area contributed by atoms with Gasteiger partial charge in [-0.05, 0) is 29.7 Å². The lowest BCUT2D eigenvalue weighted by Crippen LogP contribution is -2.27. The predicted octanol–water partition coefficient (Wildman–Crippen LogP) is 3.27. The first-order valence-corrected chi connectivity index (χ1v) is 7.32. The van der Waals surface area contributed by atoms with Crippen LogP contribution >= 0.6 is 0 Å². The monoisotopic (exact) mass is 291 g/mol. The second-order valence-corrected chi connectivity index (χ2v) is 4.88. The Hall–Kier alpha value is -1.97. The van der Waals surface area contributed by atoms with Crippen LogP contribution in [0.1, 0.15) is 32.3 Å². The van der Waals surface area contributed by atoms with Crippen molar-refractivity contribution in [3.05, 3.63) is 29.8 Å². The van der Waals surface area contributed by atoms with Crippen molar-refractivity contribution in [3.63, 3.8) is 0 Å². The lowest BCUT2D eigenvalue weighted by Gasteiger charge is -2.11. The fourth-order valence-corrected chi connectivity index (χ4v) is 2.01. The van der Waals surface area contributed by atoms with Crippen molar-refractivity contribution in [3.8, 4) is 11.5 Å². The van der Waals surface area contributed by atoms with E-state index in [-0.39, 0.29) is 5.91 Å². The molecule has 0 saturated carbocycles. The Kier molecular flexibility index (Phi) is 7.37. The molecule has 1 rings (SSSR count). The third kappa shape index (κ3) is 5.50. The molecule has 0 aliphatic carbocycles. The Labute approximate surface area is 127 Å². The highest BCUT2D eigenvalue weighted by molar-refractivity contribution is 5.91. The van der Waals surface area contributed by atoms with Gasteiger partial charge in [-0.1, -0.05) is 32.8 Å². The van der Waals surface area contributed by atoms with Crippen LogP contribution in [-0.4, -0.2) is 26.7 Å². The Bertz CT molecular complexity index is 479. The average Bonchev–Trinajstić information content (AvgIpc) is 2.53. The van der Waals surface area contributed by atoms with Crippen LogP contribution in [0.2, 0.25) is 0 Å². The molecule has 0 radical (unpaired) electrons. The third-order valence-corrected chi connectivity index (χ3v) is 3.55. The molecule has 116 valence electrons. The number of methoxy groups -OCH3 is 2. The van der Waals surface area contributed by atoms with Gasteiger partial charge in [0.15, 0.2) is 11.5 Å². The summed E-state index contributed by atoms with van der Waals surface area (Å²) in [6.07, 6.45) is 5.47. The largest absolute Gasteiger partial charge is 0.493 e. The van der Waals surface area contributed by atoms with Gasteiger partial charge in [0.2, 0.25) is 5.91 Å². The predicted molar refractivity (Wildman–Crippen MR) is 85.7 cm³/mol. The molecule has 0 aliphatic heterocycles. The molecule has 1 aromatic carbocycles. The van der Waals surface area contributed by atoms with E-state index in [0.29, 0.717) is 17.4 Å². The summed E-state index contributed by atoms with van der Waals surface area (Å²) in [7, 11) is 3.19. The van der Waals surface area contributed by atoms with Gasteiger partial charge in [-0.2, -0.15) is 0 Å². The second kappa shape index (κ2) is 9.06. The molecule has 0 aromatic heterocycles. The summed E-state index contributed by atoms with van der Waals surface area (Å²) in [6.45, 7) is 5.00. The number of rotatable bonds is 8. The van der Waals surface area contributed by atoms with Gasteiger partial charge in [0.25, 0.3) is 0 Å². The van der Waals surface area contributed by atoms with Gasteiger partial charge in [-0.15, -0.1) is 0 Å². The van der Waals surface area contributed by atoms with Crippen LogP contribution in [0.15, 0.2) is 24.3 Å². The summed E-state index contributed by atoms with van der Waals surface area (Å²) in [4.78, 5) is 11.8. The number of benzene rings is 1. The van der Waals surface area contributed by atoms with Crippen molar-refractivity contribution in [2.24, 2.45) is 5.92 Å². The van der Waals surface area contributed by atoms with E-state index in [1.807, 2.05) is 18.2 Å². The third-order valence-electron chi connectivity index (χ3n) is 3.55. The van der Waals surface area contributed by atoms with Crippen molar-refractivity contribution in [1.29, 1.82) is 0 Å². The van der Waals surface area contributed by atoms with Crippen molar-refractivity contribution < 1.29 is 14.3 Å². The Morgan fingerprint density at radius 3 is 2.43 bits per heavy atom. The van der Waals surface area contributed by atoms with E-state index >= 15 is 0 Å². The Balaban J connectivity index is 2.61. The van der Waals surface area contributed by atoms with Gasteiger partial charge in [0.05, 0.1) is 14.2 Å². The van der Waals surface area contributed by atoms with Gasteiger partial charge in [-0.3, -0.25) is 4.79 Å². The van der Waals surface area contributed by atoms with E-state index in [9.17, 15) is 4.79 Å². The minimum absolute atomic E-state index is 0.0725. The topological polar surface area (TPSA) is 47.6 Å². The molecule has 0 atom stereocenters. The zero-order chi connectivity index (χ0) is 15.7. The maximum absolute atomic E-state index is 11.8. The highest BCUT2D eigenvalue weighted by atomic mass is 16.5. The van der Waals surface area contributed by atoms with E-state index in [1.165, 1.54) is 0 Å². The summed E-state index contributed by atoms with van der Waals surface area (Å²) >= 11 is 0. The molecule has 0 unspecified atom stereocenters. The normalized spacial score (nSPS) is 10.9. The molecule has 4 nitrogen and oxygen atoms in total. The lowest BCUT2D eigenvalue weighted by molar-refractivity contribution is -0.116. The molecular formula is C17H25NO3. The van der Waals surface area contributed by atoms with Crippen LogP contribution in [-0.2, 0) is 4.79 Å². The zero-order valence-electron chi connectivity index (χ0n) is 13.3. The highest BCUT2D eigenvalue weighted by Crippen LogP contribution is 2.27. The summed E-state index contributed by atoms with van der Waals surface area (Å²) in [5.41, 5.74) is 0.894. The quantitative estimate of drug-likeness (QED) is 0.748. The van der Waals surface area contributed by atoms with Crippen molar-refractivity contribution >= 4 is 12.0 Å². The number of hydrogen-bond donors (Lipinski definition) is 1. The molecular weight excluding hydrogens is 266 g/mol. The van der Waals surface area contributed by atoms with E-state index in [1.54, 1.807) is 26.4 Å². The Morgan fingerprint density at radius 1 is 1.19 bits per heavy atom. The van der Waals surface area contributed by atoms with Gasteiger partial charge in [0, 0.05) is 12.6 Å². The second-order valence-electron chi connectivity index (χ2n) is 4.88. The number of ether oxygens (including phenoxy) is 2. The summed E-state index contributed by atoms with van der Waals surface area (Å²) in [5, 5.41) is 2.92. The molecule has 0 aliphatic rings. The minimum Gasteiger partial charge on any atom is -0.493 e. The number of amides is 1. The zero-order valence-corrected chi connectivity index (χ0v) is 13.3. The van der Waals surface area contributed by atoms with E-state index in [0.717, 1.165) is 24.9 Å². The molecule has 0 saturated heterocycles. The maximum Gasteiger partial charge on any atom is 0.244 e. The van der Waals surface area contributed by atoms with Crippen LogP contribution in [0.5, 0.6) is 11.5 Å². The fourth-order valence-electron chi connectivity index (χ4n) is 2.01. The number of carbonyl (C=O) groups is 1. The fraction of sp³-hybridized carbons (Fsp3) is 0.471. The number of nitrogens with one attached hydrogen (secondary N) is 1. The molecule has 0 fully saturated rings. The smallest absolute Gasteiger partial charge is 0.244 e. The van der Waals surface area contributed by atoms with E-state index in [2.05, 4.69) is 19.2 Å². The SMILES string of the molecule is CCC(CC)CNC(=O)C=Cc1ccc(OC)c(OC)c1. The van der Waals surface area contributed by atoms with E-state index < -0.39 is 0 Å². The maximum atomic E-state index is 11.8. The van der Waals surface area contributed by atoms with Gasteiger partial charge >= 0.3 is 0 Å². The van der Waals surface area contributed by atoms with Crippen molar-refractivity contribution in [1.82, 2.24) is 5.32 Å². The molecule has 21 heavy (non-hydrogen) atoms. The van der Waals surface area contributed by atoms with Gasteiger partial charge in [0.1, 0.15) is 0 Å². The first-order chi connectivity index (χ1) is 10.1. The molecule has 0 spiro atoms. The first kappa shape index (κ1) is 17.1. The molecule has 1 N–H and O–H groups in total. The van der Waals surface area contributed by atoms with Crippen LogP contribution in [0, 0.1) is 5.92 Å². The molecule has 0 bridgehead atoms. The molecule has 1 aromatic rings. The number of carbonyl (C=O) groups excluding carboxylic acids is 1. The molecule has 0 heterocycles. The van der Waals surface area contributed by atoms with Crippen molar-refractivity contribution in [2.45, 2.75) is 26.7 Å². The van der Waals surface area contributed by atoms with Gasteiger partial charge in [-0.25, -0.2) is 0 Å². The van der Waals surface area contributed by atoms with Gasteiger partial charge < -0.3 is 14.8 Å². The lowest BCUT2D eigenvalue weighted by atomic mass is 10.0. The van der Waals surface area contributed by atoms with Crippen LogP contribution in [0.4, 0.5) is 0 Å². The van der Waals surface area contributed by atoms with Crippen molar-refractivity contribution in [2.75, 3.05) is 20.8 Å².